The van der Waals surface area contributed by atoms with E-state index in [4.69, 9.17) is 4.74 Å². The standard InChI is InChI=1S/C25H34N2O4S/c1-4-5-6-7-11-18-22(28)31-25(26-19-14-9-8-10-15-19)20-16-12-13-17-21(20)32-27(3)24(25,2)23(29)30/h8-10,12-15,17,20,26H,4-7,11,16,18H2,1-3H3,(H,29,30). The number of nitrogens with one attached hydrogen (secondary N) is 1. The van der Waals surface area contributed by atoms with Gasteiger partial charge in [0.05, 0.1) is 5.92 Å². The molecule has 6 nitrogen and oxygen atoms in total. The topological polar surface area (TPSA) is 78.9 Å². The minimum absolute atomic E-state index is 0.274. The number of aliphatic carboxylic acids is 1. The molecule has 3 atom stereocenters. The zero-order chi connectivity index (χ0) is 23.2. The number of allylic oxidation sites excluding steroid dienone is 3. The van der Waals surface area contributed by atoms with Crippen LogP contribution in [0.25, 0.3) is 0 Å². The van der Waals surface area contributed by atoms with Gasteiger partial charge in [0.15, 0.2) is 5.54 Å². The molecule has 1 aromatic carbocycles. The molecule has 2 aliphatic rings. The largest absolute Gasteiger partial charge is 0.480 e. The predicted molar refractivity (Wildman–Crippen MR) is 129 cm³/mol. The van der Waals surface area contributed by atoms with Crippen LogP contribution in [0.4, 0.5) is 5.69 Å². The lowest BCUT2D eigenvalue weighted by atomic mass is 9.74. The van der Waals surface area contributed by atoms with Crippen LogP contribution in [0.2, 0.25) is 0 Å². The summed E-state index contributed by atoms with van der Waals surface area (Å²) < 4.78 is 7.94. The average molecular weight is 459 g/mol. The summed E-state index contributed by atoms with van der Waals surface area (Å²) in [6.07, 6.45) is 11.9. The van der Waals surface area contributed by atoms with Gasteiger partial charge >= 0.3 is 11.9 Å². The Bertz CT molecular complexity index is 872. The molecule has 0 bridgehead atoms. The van der Waals surface area contributed by atoms with E-state index in [0.29, 0.717) is 12.1 Å². The van der Waals surface area contributed by atoms with Gasteiger partial charge in [-0.25, -0.2) is 9.10 Å². The summed E-state index contributed by atoms with van der Waals surface area (Å²) in [6.45, 7) is 3.79. The smallest absolute Gasteiger partial charge is 0.331 e. The maximum absolute atomic E-state index is 13.1. The number of likely N-dealkylation sites (N-methyl/N-ethyl adjacent to an activating group) is 1. The van der Waals surface area contributed by atoms with Crippen molar-refractivity contribution in [2.24, 2.45) is 5.92 Å². The van der Waals surface area contributed by atoms with E-state index >= 15 is 0 Å². The molecule has 1 aromatic rings. The van der Waals surface area contributed by atoms with Crippen LogP contribution in [0, 0.1) is 5.92 Å². The first-order valence-electron chi connectivity index (χ1n) is 11.4. The third-order valence-electron chi connectivity index (χ3n) is 6.48. The van der Waals surface area contributed by atoms with Gasteiger partial charge < -0.3 is 15.2 Å². The number of anilines is 1. The molecule has 1 aliphatic carbocycles. The van der Waals surface area contributed by atoms with E-state index in [9.17, 15) is 14.7 Å². The van der Waals surface area contributed by atoms with Crippen molar-refractivity contribution in [3.63, 3.8) is 0 Å². The number of nitrogens with zero attached hydrogens (tertiary/aromatic N) is 1. The Kier molecular flexibility index (Phi) is 8.06. The number of carboxylic acids is 1. The van der Waals surface area contributed by atoms with Crippen molar-refractivity contribution in [1.82, 2.24) is 4.31 Å². The second-order valence-electron chi connectivity index (χ2n) is 8.62. The van der Waals surface area contributed by atoms with Gasteiger partial charge in [-0.15, -0.1) is 0 Å². The van der Waals surface area contributed by atoms with Crippen molar-refractivity contribution >= 4 is 29.6 Å². The Morgan fingerprint density at radius 1 is 1.22 bits per heavy atom. The van der Waals surface area contributed by atoms with E-state index in [-0.39, 0.29) is 18.3 Å². The van der Waals surface area contributed by atoms with Crippen LogP contribution >= 0.6 is 11.9 Å². The highest BCUT2D eigenvalue weighted by Gasteiger charge is 2.67. The van der Waals surface area contributed by atoms with Gasteiger partial charge in [-0.05, 0) is 50.9 Å². The van der Waals surface area contributed by atoms with E-state index in [0.717, 1.165) is 37.0 Å². The van der Waals surface area contributed by atoms with Crippen molar-refractivity contribution in [2.75, 3.05) is 12.4 Å². The predicted octanol–water partition coefficient (Wildman–Crippen LogP) is 5.60. The number of fused-ring (bicyclic) bond motifs is 1. The molecular formula is C25H34N2O4S. The highest BCUT2D eigenvalue weighted by atomic mass is 32.2. The van der Waals surface area contributed by atoms with Crippen LogP contribution in [0.3, 0.4) is 0 Å². The number of hydrogen-bond donors (Lipinski definition) is 2. The Hall–Kier alpha value is -2.25. The first-order chi connectivity index (χ1) is 15.3. The molecule has 0 aromatic heterocycles. The van der Waals surface area contributed by atoms with Crippen molar-refractivity contribution in [2.45, 2.75) is 70.1 Å². The molecule has 3 rings (SSSR count). The minimum Gasteiger partial charge on any atom is -0.480 e. The van der Waals surface area contributed by atoms with E-state index in [1.54, 1.807) is 18.3 Å². The molecule has 32 heavy (non-hydrogen) atoms. The third kappa shape index (κ3) is 4.74. The lowest BCUT2D eigenvalue weighted by molar-refractivity contribution is -0.188. The van der Waals surface area contributed by atoms with E-state index in [2.05, 4.69) is 12.2 Å². The minimum atomic E-state index is -1.50. The van der Waals surface area contributed by atoms with Gasteiger partial charge in [0, 0.05) is 17.0 Å². The molecule has 174 valence electrons. The van der Waals surface area contributed by atoms with Crippen LogP contribution < -0.4 is 5.32 Å². The molecule has 2 N–H and O–H groups in total. The maximum atomic E-state index is 13.1. The Morgan fingerprint density at radius 3 is 2.62 bits per heavy atom. The van der Waals surface area contributed by atoms with Crippen molar-refractivity contribution in [1.29, 1.82) is 0 Å². The zero-order valence-corrected chi connectivity index (χ0v) is 20.0. The van der Waals surface area contributed by atoms with Gasteiger partial charge in [-0.1, -0.05) is 69.0 Å². The summed E-state index contributed by atoms with van der Waals surface area (Å²) in [5, 5.41) is 13.8. The Morgan fingerprint density at radius 2 is 1.94 bits per heavy atom. The van der Waals surface area contributed by atoms with Crippen molar-refractivity contribution in [3.8, 4) is 0 Å². The Labute approximate surface area is 195 Å². The molecule has 0 saturated carbocycles. The fraction of sp³-hybridized carbons (Fsp3) is 0.520. The number of unbranched alkanes of at least 4 members (excludes halogenated alkanes) is 4. The Balaban J connectivity index is 1.99. The molecule has 0 amide bonds. The summed E-state index contributed by atoms with van der Waals surface area (Å²) in [5.41, 5.74) is -2.26. The van der Waals surface area contributed by atoms with Crippen molar-refractivity contribution < 1.29 is 19.4 Å². The van der Waals surface area contributed by atoms with Crippen molar-refractivity contribution in [3.05, 3.63) is 53.5 Å². The molecule has 3 unspecified atom stereocenters. The molecule has 7 heteroatoms. The number of carboxylic acid groups (broad SMARTS) is 1. The molecule has 1 heterocycles. The fourth-order valence-corrected chi connectivity index (χ4v) is 5.67. The number of rotatable bonds is 10. The number of esters is 1. The van der Waals surface area contributed by atoms with Crippen LogP contribution in [0.5, 0.6) is 0 Å². The van der Waals surface area contributed by atoms with Gasteiger partial charge in [-0.2, -0.15) is 0 Å². The number of hydrogen-bond acceptors (Lipinski definition) is 6. The van der Waals surface area contributed by atoms with Crippen LogP contribution in [-0.2, 0) is 14.3 Å². The highest BCUT2D eigenvalue weighted by molar-refractivity contribution is 8.01. The maximum Gasteiger partial charge on any atom is 0.331 e. The third-order valence-corrected chi connectivity index (χ3v) is 7.75. The van der Waals surface area contributed by atoms with E-state index in [1.807, 2.05) is 48.6 Å². The summed E-state index contributed by atoms with van der Waals surface area (Å²) in [6, 6.07) is 9.39. The zero-order valence-electron chi connectivity index (χ0n) is 19.2. The van der Waals surface area contributed by atoms with Gasteiger partial charge in [0.25, 0.3) is 0 Å². The van der Waals surface area contributed by atoms with Crippen LogP contribution in [-0.4, -0.2) is 39.7 Å². The molecule has 0 spiro atoms. The quantitative estimate of drug-likeness (QED) is 0.205. The number of para-hydroxylation sites is 1. The second-order valence-corrected chi connectivity index (χ2v) is 9.82. The average Bonchev–Trinajstić information content (AvgIpc) is 2.78. The summed E-state index contributed by atoms with van der Waals surface area (Å²) >= 11 is 1.40. The van der Waals surface area contributed by atoms with Gasteiger partial charge in [0.1, 0.15) is 0 Å². The summed E-state index contributed by atoms with van der Waals surface area (Å²) in [5.74, 6) is -1.73. The fourth-order valence-electron chi connectivity index (χ4n) is 4.43. The lowest BCUT2D eigenvalue weighted by Crippen LogP contribution is -2.74. The number of carbonyl (C=O) groups is 2. The van der Waals surface area contributed by atoms with E-state index < -0.39 is 17.2 Å². The normalized spacial score (nSPS) is 27.3. The molecule has 1 fully saturated rings. The first kappa shape index (κ1) is 24.4. The summed E-state index contributed by atoms with van der Waals surface area (Å²) in [7, 11) is 1.74. The number of ether oxygens (including phenoxy) is 1. The van der Waals surface area contributed by atoms with Gasteiger partial charge in [0.2, 0.25) is 5.72 Å². The van der Waals surface area contributed by atoms with Gasteiger partial charge in [-0.3, -0.25) is 4.79 Å². The molecule has 0 radical (unpaired) electrons. The second kappa shape index (κ2) is 10.6. The number of benzene rings is 1. The van der Waals surface area contributed by atoms with E-state index in [1.165, 1.54) is 11.9 Å². The first-order valence-corrected chi connectivity index (χ1v) is 12.2. The molecular weight excluding hydrogens is 424 g/mol. The van der Waals surface area contributed by atoms with Crippen LogP contribution in [0.1, 0.15) is 58.8 Å². The SMILES string of the molecule is CCCCCCCC(=O)OC1(Nc2ccccc2)C2CC=CC=C2SN(C)C1(C)C(=O)O. The van der Waals surface area contributed by atoms with Crippen LogP contribution in [0.15, 0.2) is 53.5 Å². The monoisotopic (exact) mass is 458 g/mol. The highest BCUT2D eigenvalue weighted by Crippen LogP contribution is 2.54. The summed E-state index contributed by atoms with van der Waals surface area (Å²) in [4.78, 5) is 26.8. The lowest BCUT2D eigenvalue weighted by Gasteiger charge is -2.57. The molecule has 1 saturated heterocycles. The number of carbonyl (C=O) groups excluding carboxylic acids is 1. The molecule has 1 aliphatic heterocycles.